The number of hydrogen-bond donors (Lipinski definition) is 2. The van der Waals surface area contributed by atoms with E-state index in [4.69, 9.17) is 10.2 Å². The summed E-state index contributed by atoms with van der Waals surface area (Å²) in [5.74, 6) is 0.567. The van der Waals surface area contributed by atoms with Gasteiger partial charge < -0.3 is 10.2 Å². The molecule has 2 aromatic carbocycles. The monoisotopic (exact) mass is 388 g/mol. The van der Waals surface area contributed by atoms with E-state index in [-0.39, 0.29) is 24.7 Å². The van der Waals surface area contributed by atoms with Crippen LogP contribution in [0.1, 0.15) is 23.2 Å². The molecule has 1 atom stereocenters. The molecule has 2 heterocycles. The lowest BCUT2D eigenvalue weighted by Gasteiger charge is -2.19. The highest BCUT2D eigenvalue weighted by molar-refractivity contribution is 5.78. The molecule has 0 saturated carbocycles. The molecule has 3 N–H and O–H groups in total. The smallest absolute Gasteiger partial charge is 0.261 e. The standard InChI is InChI=1S/C22H20N4O3/c23-19(27)14-26-20(25-17-10-5-4-9-16(17)22(26)28)13-24-21(18-11-6-12-29-18)15-7-2-1-3-8-15/h1-12,21,24H,13-14H2,(H2,23,27)/t21-/m1/s1. The Morgan fingerprint density at radius 2 is 1.83 bits per heavy atom. The molecule has 4 aromatic rings. The first-order valence-corrected chi connectivity index (χ1v) is 9.22. The second-order valence-electron chi connectivity index (χ2n) is 6.64. The topological polar surface area (TPSA) is 103 Å². The number of amides is 1. The molecule has 0 fully saturated rings. The molecule has 146 valence electrons. The molecule has 0 bridgehead atoms. The second-order valence-corrected chi connectivity index (χ2v) is 6.64. The molecular weight excluding hydrogens is 368 g/mol. The predicted molar refractivity (Wildman–Crippen MR) is 109 cm³/mol. The number of aromatic nitrogens is 2. The molecule has 0 aliphatic heterocycles. The highest BCUT2D eigenvalue weighted by Crippen LogP contribution is 2.22. The molecule has 7 nitrogen and oxygen atoms in total. The van der Waals surface area contributed by atoms with Gasteiger partial charge in [-0.25, -0.2) is 4.98 Å². The highest BCUT2D eigenvalue weighted by atomic mass is 16.3. The van der Waals surface area contributed by atoms with Crippen molar-refractivity contribution in [3.63, 3.8) is 0 Å². The lowest BCUT2D eigenvalue weighted by molar-refractivity contribution is -0.118. The fourth-order valence-electron chi connectivity index (χ4n) is 3.34. The van der Waals surface area contributed by atoms with E-state index in [1.54, 1.807) is 24.5 Å². The number of nitrogens with two attached hydrogens (primary N) is 1. The molecule has 0 unspecified atom stereocenters. The Balaban J connectivity index is 1.72. The Kier molecular flexibility index (Phi) is 5.22. The van der Waals surface area contributed by atoms with Crippen LogP contribution in [0, 0.1) is 0 Å². The lowest BCUT2D eigenvalue weighted by Crippen LogP contribution is -2.34. The maximum atomic E-state index is 12.9. The Labute approximate surface area is 166 Å². The van der Waals surface area contributed by atoms with Crippen LogP contribution in [0.4, 0.5) is 0 Å². The van der Waals surface area contributed by atoms with Crippen molar-refractivity contribution < 1.29 is 9.21 Å². The Morgan fingerprint density at radius 1 is 1.07 bits per heavy atom. The van der Waals surface area contributed by atoms with Crippen molar-refractivity contribution in [2.45, 2.75) is 19.1 Å². The third kappa shape index (κ3) is 3.95. The van der Waals surface area contributed by atoms with E-state index in [2.05, 4.69) is 10.3 Å². The van der Waals surface area contributed by atoms with Gasteiger partial charge in [0.15, 0.2) is 0 Å². The summed E-state index contributed by atoms with van der Waals surface area (Å²) in [5.41, 5.74) is 6.66. The van der Waals surface area contributed by atoms with Crippen LogP contribution in [0.25, 0.3) is 10.9 Å². The van der Waals surface area contributed by atoms with Gasteiger partial charge >= 0.3 is 0 Å². The number of nitrogens with zero attached hydrogens (tertiary/aromatic N) is 2. The molecule has 0 spiro atoms. The summed E-state index contributed by atoms with van der Waals surface area (Å²) in [7, 11) is 0. The van der Waals surface area contributed by atoms with Crippen LogP contribution in [0.3, 0.4) is 0 Å². The largest absolute Gasteiger partial charge is 0.467 e. The van der Waals surface area contributed by atoms with E-state index in [0.29, 0.717) is 16.7 Å². The Morgan fingerprint density at radius 3 is 2.55 bits per heavy atom. The molecule has 0 radical (unpaired) electrons. The molecule has 29 heavy (non-hydrogen) atoms. The third-order valence-electron chi connectivity index (χ3n) is 4.68. The number of carbonyl (C=O) groups excluding carboxylic acids is 1. The fraction of sp³-hybridized carbons (Fsp3) is 0.136. The van der Waals surface area contributed by atoms with E-state index in [1.165, 1.54) is 4.57 Å². The van der Waals surface area contributed by atoms with Gasteiger partial charge in [-0.15, -0.1) is 0 Å². The highest BCUT2D eigenvalue weighted by Gasteiger charge is 2.19. The van der Waals surface area contributed by atoms with E-state index in [9.17, 15) is 9.59 Å². The minimum absolute atomic E-state index is 0.232. The molecule has 0 saturated heterocycles. The normalized spacial score (nSPS) is 12.1. The van der Waals surface area contributed by atoms with Crippen LogP contribution in [0.2, 0.25) is 0 Å². The average molecular weight is 388 g/mol. The van der Waals surface area contributed by atoms with E-state index in [1.807, 2.05) is 48.5 Å². The van der Waals surface area contributed by atoms with Crippen LogP contribution in [-0.2, 0) is 17.9 Å². The first-order valence-electron chi connectivity index (χ1n) is 9.22. The van der Waals surface area contributed by atoms with E-state index >= 15 is 0 Å². The van der Waals surface area contributed by atoms with Crippen LogP contribution in [0.5, 0.6) is 0 Å². The van der Waals surface area contributed by atoms with Gasteiger partial charge in [0, 0.05) is 0 Å². The van der Waals surface area contributed by atoms with Crippen LogP contribution < -0.4 is 16.6 Å². The van der Waals surface area contributed by atoms with Crippen molar-refractivity contribution in [3.8, 4) is 0 Å². The van der Waals surface area contributed by atoms with Crippen molar-refractivity contribution in [2.75, 3.05) is 0 Å². The lowest BCUT2D eigenvalue weighted by atomic mass is 10.0. The zero-order valence-electron chi connectivity index (χ0n) is 15.6. The summed E-state index contributed by atoms with van der Waals surface area (Å²) in [4.78, 5) is 29.0. The van der Waals surface area contributed by atoms with Crippen LogP contribution in [-0.4, -0.2) is 15.5 Å². The predicted octanol–water partition coefficient (Wildman–Crippen LogP) is 2.35. The molecule has 2 aromatic heterocycles. The van der Waals surface area contributed by atoms with Gasteiger partial charge in [-0.1, -0.05) is 42.5 Å². The van der Waals surface area contributed by atoms with Crippen molar-refractivity contribution in [3.05, 3.63) is 100 Å². The second kappa shape index (κ2) is 8.12. The summed E-state index contributed by atoms with van der Waals surface area (Å²) in [6.07, 6.45) is 1.62. The summed E-state index contributed by atoms with van der Waals surface area (Å²) in [6, 6.07) is 20.3. The number of para-hydroxylation sites is 1. The zero-order chi connectivity index (χ0) is 20.2. The molecule has 4 rings (SSSR count). The van der Waals surface area contributed by atoms with E-state index in [0.717, 1.165) is 11.3 Å². The number of hydrogen-bond acceptors (Lipinski definition) is 5. The zero-order valence-corrected chi connectivity index (χ0v) is 15.6. The number of nitrogens with one attached hydrogen (secondary N) is 1. The first kappa shape index (κ1) is 18.6. The maximum Gasteiger partial charge on any atom is 0.261 e. The number of furan rings is 1. The number of carbonyl (C=O) groups is 1. The van der Waals surface area contributed by atoms with Gasteiger partial charge in [-0.05, 0) is 29.8 Å². The Hall–Kier alpha value is -3.71. The molecular formula is C22H20N4O3. The summed E-state index contributed by atoms with van der Waals surface area (Å²) in [6.45, 7) is 0.0120. The van der Waals surface area contributed by atoms with Gasteiger partial charge in [0.25, 0.3) is 5.56 Å². The van der Waals surface area contributed by atoms with Crippen LogP contribution in [0.15, 0.2) is 82.2 Å². The number of primary amides is 1. The number of benzene rings is 2. The van der Waals surface area contributed by atoms with E-state index < -0.39 is 5.91 Å². The first-order chi connectivity index (χ1) is 14.1. The summed E-state index contributed by atoms with van der Waals surface area (Å²) >= 11 is 0. The van der Waals surface area contributed by atoms with Gasteiger partial charge in [-0.3, -0.25) is 19.5 Å². The quantitative estimate of drug-likeness (QED) is 0.506. The van der Waals surface area contributed by atoms with Crippen molar-refractivity contribution >= 4 is 16.8 Å². The van der Waals surface area contributed by atoms with Crippen LogP contribution >= 0.6 is 0 Å². The number of rotatable bonds is 7. The number of fused-ring (bicyclic) bond motifs is 1. The Bertz CT molecular complexity index is 1180. The van der Waals surface area contributed by atoms with Gasteiger partial charge in [-0.2, -0.15) is 0 Å². The summed E-state index contributed by atoms with van der Waals surface area (Å²) in [5, 5.41) is 3.84. The van der Waals surface area contributed by atoms with Gasteiger partial charge in [0.05, 0.1) is 29.8 Å². The fourth-order valence-corrected chi connectivity index (χ4v) is 3.34. The molecule has 1 amide bonds. The van der Waals surface area contributed by atoms with Gasteiger partial charge in [0.2, 0.25) is 5.91 Å². The minimum atomic E-state index is -0.601. The van der Waals surface area contributed by atoms with Crippen molar-refractivity contribution in [1.29, 1.82) is 0 Å². The SMILES string of the molecule is NC(=O)Cn1c(CN[C@H](c2ccccc2)c2ccco2)nc2ccccc2c1=O. The molecule has 0 aliphatic carbocycles. The molecule has 7 heteroatoms. The van der Waals surface area contributed by atoms with Crippen molar-refractivity contribution in [2.24, 2.45) is 5.73 Å². The van der Waals surface area contributed by atoms with Crippen molar-refractivity contribution in [1.82, 2.24) is 14.9 Å². The third-order valence-corrected chi connectivity index (χ3v) is 4.68. The maximum absolute atomic E-state index is 12.9. The van der Waals surface area contributed by atoms with Gasteiger partial charge in [0.1, 0.15) is 18.1 Å². The molecule has 0 aliphatic rings. The minimum Gasteiger partial charge on any atom is -0.467 e. The summed E-state index contributed by atoms with van der Waals surface area (Å²) < 4.78 is 6.92. The average Bonchev–Trinajstić information content (AvgIpc) is 3.26.